The van der Waals surface area contributed by atoms with Gasteiger partial charge in [-0.25, -0.2) is 4.98 Å². The van der Waals surface area contributed by atoms with Crippen molar-refractivity contribution in [2.45, 2.75) is 76.9 Å². The number of para-hydroxylation sites is 1. The second kappa shape index (κ2) is 12.1. The van der Waals surface area contributed by atoms with Crippen molar-refractivity contribution in [3.63, 3.8) is 0 Å². The van der Waals surface area contributed by atoms with E-state index in [9.17, 15) is 4.39 Å². The second-order valence-electron chi connectivity index (χ2n) is 9.23. The number of H-pyrrole nitrogens is 1. The number of nitrogens with one attached hydrogen (secondary N) is 2. The molecule has 2 heterocycles. The summed E-state index contributed by atoms with van der Waals surface area (Å²) in [6.07, 6.45) is 15.4. The minimum absolute atomic E-state index is 0.359. The number of hydrogen-bond acceptors (Lipinski definition) is 3. The standard InChI is InChI=1S/C27H37FN4/c28-27-22(11-10-17-30-27)20-32(21-23-19-31-26-15-7-6-14-25(23)26)18-9-8-16-29-24-12-4-2-1-3-5-13-24/h6-7,10-11,14-15,17,19,24,29,31H,1-5,8-9,12-13,16,18,20-21H2. The third kappa shape index (κ3) is 6.63. The largest absolute Gasteiger partial charge is 0.361 e. The van der Waals surface area contributed by atoms with Crippen LogP contribution in [-0.2, 0) is 13.1 Å². The average Bonchev–Trinajstić information content (AvgIpc) is 3.19. The highest BCUT2D eigenvalue weighted by Gasteiger charge is 2.14. The fourth-order valence-corrected chi connectivity index (χ4v) is 4.92. The Hall–Kier alpha value is -2.24. The summed E-state index contributed by atoms with van der Waals surface area (Å²) in [4.78, 5) is 9.57. The van der Waals surface area contributed by atoms with Gasteiger partial charge in [0.05, 0.1) is 0 Å². The van der Waals surface area contributed by atoms with Crippen LogP contribution in [0.3, 0.4) is 0 Å². The van der Waals surface area contributed by atoms with E-state index in [1.807, 2.05) is 12.1 Å². The molecule has 1 aliphatic carbocycles. The first-order valence-electron chi connectivity index (χ1n) is 12.4. The molecule has 5 heteroatoms. The van der Waals surface area contributed by atoms with Crippen LogP contribution in [0.5, 0.6) is 0 Å². The van der Waals surface area contributed by atoms with Gasteiger partial charge >= 0.3 is 0 Å². The van der Waals surface area contributed by atoms with E-state index >= 15 is 0 Å². The molecule has 0 radical (unpaired) electrons. The van der Waals surface area contributed by atoms with Crippen LogP contribution in [0.4, 0.5) is 4.39 Å². The number of rotatable bonds is 10. The Balaban J connectivity index is 1.32. The zero-order chi connectivity index (χ0) is 22.0. The van der Waals surface area contributed by atoms with Crippen molar-refractivity contribution in [1.82, 2.24) is 20.2 Å². The normalized spacial score (nSPS) is 15.8. The lowest BCUT2D eigenvalue weighted by molar-refractivity contribution is 0.246. The van der Waals surface area contributed by atoms with Gasteiger partial charge < -0.3 is 10.3 Å². The zero-order valence-electron chi connectivity index (χ0n) is 19.2. The molecule has 0 bridgehead atoms. The van der Waals surface area contributed by atoms with Crippen LogP contribution < -0.4 is 5.32 Å². The molecule has 0 aliphatic heterocycles. The molecule has 32 heavy (non-hydrogen) atoms. The van der Waals surface area contributed by atoms with E-state index in [0.717, 1.165) is 38.0 Å². The van der Waals surface area contributed by atoms with E-state index < -0.39 is 0 Å². The Morgan fingerprint density at radius 3 is 2.56 bits per heavy atom. The van der Waals surface area contributed by atoms with Gasteiger partial charge in [-0.3, -0.25) is 4.90 Å². The van der Waals surface area contributed by atoms with Gasteiger partial charge in [0.1, 0.15) is 0 Å². The number of benzene rings is 1. The summed E-state index contributed by atoms with van der Waals surface area (Å²) in [6.45, 7) is 3.40. The van der Waals surface area contributed by atoms with E-state index in [1.165, 1.54) is 62.1 Å². The highest BCUT2D eigenvalue weighted by Crippen LogP contribution is 2.21. The fourth-order valence-electron chi connectivity index (χ4n) is 4.92. The van der Waals surface area contributed by atoms with Gasteiger partial charge in [0, 0.05) is 48.0 Å². The number of hydrogen-bond donors (Lipinski definition) is 2. The third-order valence-electron chi connectivity index (χ3n) is 6.74. The minimum Gasteiger partial charge on any atom is -0.361 e. The maximum atomic E-state index is 14.2. The average molecular weight is 437 g/mol. The first kappa shape index (κ1) is 22.9. The predicted octanol–water partition coefficient (Wildman–Crippen LogP) is 6.19. The highest BCUT2D eigenvalue weighted by molar-refractivity contribution is 5.82. The first-order chi connectivity index (χ1) is 15.8. The van der Waals surface area contributed by atoms with Gasteiger partial charge in [0.25, 0.3) is 0 Å². The molecule has 1 saturated carbocycles. The van der Waals surface area contributed by atoms with Crippen LogP contribution >= 0.6 is 0 Å². The Morgan fingerprint density at radius 1 is 0.938 bits per heavy atom. The van der Waals surface area contributed by atoms with Crippen molar-refractivity contribution in [2.24, 2.45) is 0 Å². The lowest BCUT2D eigenvalue weighted by Gasteiger charge is -2.23. The molecule has 172 valence electrons. The number of fused-ring (bicyclic) bond motifs is 1. The van der Waals surface area contributed by atoms with Crippen molar-refractivity contribution in [2.75, 3.05) is 13.1 Å². The second-order valence-corrected chi connectivity index (χ2v) is 9.23. The van der Waals surface area contributed by atoms with Crippen LogP contribution in [0, 0.1) is 5.95 Å². The molecule has 2 N–H and O–H groups in total. The van der Waals surface area contributed by atoms with Crippen LogP contribution in [0.25, 0.3) is 10.9 Å². The lowest BCUT2D eigenvalue weighted by Crippen LogP contribution is -2.31. The molecule has 4 nitrogen and oxygen atoms in total. The number of nitrogens with zero attached hydrogens (tertiary/aromatic N) is 2. The maximum Gasteiger partial charge on any atom is 0.217 e. The lowest BCUT2D eigenvalue weighted by atomic mass is 9.97. The van der Waals surface area contributed by atoms with Crippen molar-refractivity contribution in [3.8, 4) is 0 Å². The monoisotopic (exact) mass is 436 g/mol. The summed E-state index contributed by atoms with van der Waals surface area (Å²) in [5.41, 5.74) is 3.08. The molecular formula is C27H37FN4. The molecule has 4 rings (SSSR count). The summed E-state index contributed by atoms with van der Waals surface area (Å²) in [5.74, 6) is -0.359. The number of halogens is 1. The molecule has 1 aliphatic rings. The highest BCUT2D eigenvalue weighted by atomic mass is 19.1. The summed E-state index contributed by atoms with van der Waals surface area (Å²) in [6, 6.07) is 12.7. The van der Waals surface area contributed by atoms with Crippen molar-refractivity contribution < 1.29 is 4.39 Å². The van der Waals surface area contributed by atoms with Crippen molar-refractivity contribution >= 4 is 10.9 Å². The quantitative estimate of drug-likeness (QED) is 0.294. The summed E-state index contributed by atoms with van der Waals surface area (Å²) < 4.78 is 14.2. The molecule has 1 aromatic carbocycles. The number of aromatic nitrogens is 2. The third-order valence-corrected chi connectivity index (χ3v) is 6.74. The Labute approximate surface area is 191 Å². The maximum absolute atomic E-state index is 14.2. The molecule has 1 fully saturated rings. The van der Waals surface area contributed by atoms with Crippen LogP contribution in [-0.4, -0.2) is 34.0 Å². The summed E-state index contributed by atoms with van der Waals surface area (Å²) in [5, 5.41) is 5.04. The number of aromatic amines is 1. The Kier molecular flexibility index (Phi) is 8.69. The molecular weight excluding hydrogens is 399 g/mol. The van der Waals surface area contributed by atoms with E-state index in [4.69, 9.17) is 0 Å². The fraction of sp³-hybridized carbons (Fsp3) is 0.519. The first-order valence-corrected chi connectivity index (χ1v) is 12.4. The van der Waals surface area contributed by atoms with Crippen molar-refractivity contribution in [3.05, 3.63) is 65.9 Å². The van der Waals surface area contributed by atoms with E-state index in [2.05, 4.69) is 50.6 Å². The minimum atomic E-state index is -0.359. The van der Waals surface area contributed by atoms with Gasteiger partial charge in [-0.1, -0.05) is 56.4 Å². The Bertz CT molecular complexity index is 945. The van der Waals surface area contributed by atoms with Gasteiger partial charge in [0.15, 0.2) is 0 Å². The number of unbranched alkanes of at least 4 members (excludes halogenated alkanes) is 1. The Morgan fingerprint density at radius 2 is 1.72 bits per heavy atom. The molecule has 0 unspecified atom stereocenters. The van der Waals surface area contributed by atoms with Crippen LogP contribution in [0.1, 0.15) is 68.9 Å². The zero-order valence-corrected chi connectivity index (χ0v) is 19.2. The van der Waals surface area contributed by atoms with E-state index in [1.54, 1.807) is 0 Å². The van der Waals surface area contributed by atoms with E-state index in [0.29, 0.717) is 18.2 Å². The van der Waals surface area contributed by atoms with Gasteiger partial charge in [-0.2, -0.15) is 4.39 Å². The molecule has 0 saturated heterocycles. The topological polar surface area (TPSA) is 44.0 Å². The van der Waals surface area contributed by atoms with Gasteiger partial charge in [0.2, 0.25) is 5.95 Å². The molecule has 0 amide bonds. The predicted molar refractivity (Wildman–Crippen MR) is 130 cm³/mol. The summed E-state index contributed by atoms with van der Waals surface area (Å²) >= 11 is 0. The summed E-state index contributed by atoms with van der Waals surface area (Å²) in [7, 11) is 0. The number of pyridine rings is 1. The smallest absolute Gasteiger partial charge is 0.217 e. The van der Waals surface area contributed by atoms with Crippen molar-refractivity contribution in [1.29, 1.82) is 0 Å². The van der Waals surface area contributed by atoms with Gasteiger partial charge in [-0.05, 0) is 56.5 Å². The van der Waals surface area contributed by atoms with Crippen LogP contribution in [0.2, 0.25) is 0 Å². The molecule has 0 atom stereocenters. The van der Waals surface area contributed by atoms with Gasteiger partial charge in [-0.15, -0.1) is 0 Å². The van der Waals surface area contributed by atoms with E-state index in [-0.39, 0.29) is 5.95 Å². The molecule has 0 spiro atoms. The SMILES string of the molecule is Fc1ncccc1CN(CCCCNC1CCCCCCC1)Cc1c[nH]c2ccccc12. The molecule has 3 aromatic rings. The molecule has 2 aromatic heterocycles. The van der Waals surface area contributed by atoms with Crippen LogP contribution in [0.15, 0.2) is 48.8 Å².